The minimum atomic E-state index is -4.04. The molecule has 0 atom stereocenters. The lowest BCUT2D eigenvalue weighted by Crippen LogP contribution is -2.14. The molecule has 0 aliphatic carbocycles. The molecule has 0 heterocycles. The lowest BCUT2D eigenvalue weighted by molar-refractivity contribution is 0.504. The van der Waals surface area contributed by atoms with Crippen LogP contribution in [0.4, 0.5) is 14.5 Å². The van der Waals surface area contributed by atoms with Crippen LogP contribution in [0.5, 0.6) is 0 Å². The molecule has 24 heavy (non-hydrogen) atoms. The van der Waals surface area contributed by atoms with Gasteiger partial charge in [-0.15, -0.1) is 0 Å². The second-order valence-corrected chi connectivity index (χ2v) is 6.78. The van der Waals surface area contributed by atoms with Crippen LogP contribution in [0.3, 0.4) is 0 Å². The maximum absolute atomic E-state index is 13.3. The van der Waals surface area contributed by atoms with E-state index in [2.05, 4.69) is 4.72 Å². The van der Waals surface area contributed by atoms with Crippen LogP contribution >= 0.6 is 0 Å². The Labute approximate surface area is 138 Å². The van der Waals surface area contributed by atoms with E-state index in [9.17, 15) is 17.2 Å². The van der Waals surface area contributed by atoms with Crippen molar-refractivity contribution < 1.29 is 17.2 Å². The Hall–Kier alpha value is -2.73. The van der Waals surface area contributed by atoms with E-state index in [1.807, 2.05) is 30.3 Å². The lowest BCUT2D eigenvalue weighted by atomic mass is 10.0. The summed E-state index contributed by atoms with van der Waals surface area (Å²) < 4.78 is 53.7. The highest BCUT2D eigenvalue weighted by atomic mass is 32.2. The van der Waals surface area contributed by atoms with Crippen LogP contribution in [0, 0.1) is 11.6 Å². The average molecular weight is 345 g/mol. The molecule has 0 aliphatic rings. The normalized spacial score (nSPS) is 11.2. The van der Waals surface area contributed by atoms with Crippen molar-refractivity contribution >= 4 is 15.7 Å². The first-order chi connectivity index (χ1) is 11.5. The summed E-state index contributed by atoms with van der Waals surface area (Å²) in [5.74, 6) is -2.31. The Bertz CT molecular complexity index is 973. The predicted octanol–water partition coefficient (Wildman–Crippen LogP) is 4.43. The molecule has 1 N–H and O–H groups in total. The smallest absolute Gasteiger partial charge is 0.262 e. The van der Waals surface area contributed by atoms with Crippen LogP contribution < -0.4 is 4.72 Å². The maximum Gasteiger partial charge on any atom is 0.262 e. The molecule has 3 aromatic carbocycles. The number of sulfonamides is 1. The summed E-state index contributed by atoms with van der Waals surface area (Å²) in [5.41, 5.74) is 1.87. The van der Waals surface area contributed by atoms with Crippen molar-refractivity contribution in [1.29, 1.82) is 0 Å². The quantitative estimate of drug-likeness (QED) is 0.760. The van der Waals surface area contributed by atoms with E-state index in [1.165, 1.54) is 0 Å². The number of rotatable bonds is 4. The van der Waals surface area contributed by atoms with Crippen LogP contribution in [-0.2, 0) is 10.0 Å². The van der Waals surface area contributed by atoms with E-state index in [-0.39, 0.29) is 4.90 Å². The molecule has 3 nitrogen and oxygen atoms in total. The third-order valence-electron chi connectivity index (χ3n) is 3.46. The van der Waals surface area contributed by atoms with Gasteiger partial charge in [-0.1, -0.05) is 48.5 Å². The zero-order valence-corrected chi connectivity index (χ0v) is 13.2. The summed E-state index contributed by atoms with van der Waals surface area (Å²) in [6, 6.07) is 18.6. The molecular formula is C18H13F2NO2S. The van der Waals surface area contributed by atoms with Crippen LogP contribution in [0.25, 0.3) is 11.1 Å². The van der Waals surface area contributed by atoms with E-state index in [0.717, 1.165) is 17.7 Å². The van der Waals surface area contributed by atoms with Gasteiger partial charge in [-0.05, 0) is 29.8 Å². The van der Waals surface area contributed by atoms with Gasteiger partial charge in [0.1, 0.15) is 0 Å². The molecule has 0 unspecified atom stereocenters. The Balaban J connectivity index is 2.01. The van der Waals surface area contributed by atoms with Gasteiger partial charge in [0.15, 0.2) is 11.6 Å². The highest BCUT2D eigenvalue weighted by Gasteiger charge is 2.18. The van der Waals surface area contributed by atoms with Crippen molar-refractivity contribution in [2.24, 2.45) is 0 Å². The SMILES string of the molecule is O=S(=O)(Nc1ccccc1-c1ccccc1)c1ccc(F)c(F)c1. The summed E-state index contributed by atoms with van der Waals surface area (Å²) in [6.07, 6.45) is 0. The topological polar surface area (TPSA) is 46.2 Å². The molecule has 0 aromatic heterocycles. The standard InChI is InChI=1S/C18H13F2NO2S/c19-16-11-10-14(12-17(16)20)24(22,23)21-18-9-5-4-8-15(18)13-6-2-1-3-7-13/h1-12,21H. The third kappa shape index (κ3) is 3.28. The van der Waals surface area contributed by atoms with Gasteiger partial charge in [-0.25, -0.2) is 17.2 Å². The van der Waals surface area contributed by atoms with Crippen molar-refractivity contribution in [1.82, 2.24) is 0 Å². The van der Waals surface area contributed by atoms with Crippen molar-refractivity contribution in [2.45, 2.75) is 4.90 Å². The second-order valence-electron chi connectivity index (χ2n) is 5.09. The number of para-hydroxylation sites is 1. The second kappa shape index (κ2) is 6.41. The van der Waals surface area contributed by atoms with Crippen LogP contribution in [0.15, 0.2) is 77.7 Å². The summed E-state index contributed by atoms with van der Waals surface area (Å²) in [6.45, 7) is 0. The van der Waals surface area contributed by atoms with Gasteiger partial charge in [0.25, 0.3) is 10.0 Å². The van der Waals surface area contributed by atoms with Gasteiger partial charge in [0.2, 0.25) is 0 Å². The van der Waals surface area contributed by atoms with Crippen molar-refractivity contribution in [3.63, 3.8) is 0 Å². The first-order valence-corrected chi connectivity index (χ1v) is 8.58. The van der Waals surface area contributed by atoms with Gasteiger partial charge < -0.3 is 0 Å². The van der Waals surface area contributed by atoms with E-state index >= 15 is 0 Å². The molecule has 3 aromatic rings. The number of anilines is 1. The van der Waals surface area contributed by atoms with E-state index in [0.29, 0.717) is 17.3 Å². The van der Waals surface area contributed by atoms with Gasteiger partial charge in [0.05, 0.1) is 10.6 Å². The van der Waals surface area contributed by atoms with Gasteiger partial charge in [-0.3, -0.25) is 4.72 Å². The summed E-state index contributed by atoms with van der Waals surface area (Å²) in [4.78, 5) is -0.343. The Morgan fingerprint density at radius 2 is 1.42 bits per heavy atom. The monoisotopic (exact) mass is 345 g/mol. The summed E-state index contributed by atoms with van der Waals surface area (Å²) in [7, 11) is -4.04. The third-order valence-corrected chi connectivity index (χ3v) is 4.82. The summed E-state index contributed by atoms with van der Waals surface area (Å²) in [5, 5.41) is 0. The van der Waals surface area contributed by atoms with Gasteiger partial charge in [0, 0.05) is 5.56 Å². The molecule has 0 radical (unpaired) electrons. The molecule has 0 spiro atoms. The van der Waals surface area contributed by atoms with E-state index < -0.39 is 21.7 Å². The molecule has 0 saturated heterocycles. The molecular weight excluding hydrogens is 332 g/mol. The molecule has 122 valence electrons. The Morgan fingerprint density at radius 1 is 0.750 bits per heavy atom. The zero-order valence-electron chi connectivity index (χ0n) is 12.4. The van der Waals surface area contributed by atoms with Gasteiger partial charge >= 0.3 is 0 Å². The summed E-state index contributed by atoms with van der Waals surface area (Å²) >= 11 is 0. The number of benzene rings is 3. The predicted molar refractivity (Wildman–Crippen MR) is 89.0 cm³/mol. The van der Waals surface area contributed by atoms with Crippen molar-refractivity contribution in [3.05, 3.63) is 84.4 Å². The van der Waals surface area contributed by atoms with Crippen molar-refractivity contribution in [2.75, 3.05) is 4.72 Å². The fourth-order valence-electron chi connectivity index (χ4n) is 2.29. The molecule has 0 bridgehead atoms. The van der Waals surface area contributed by atoms with E-state index in [1.54, 1.807) is 24.3 Å². The minimum Gasteiger partial charge on any atom is -0.279 e. The van der Waals surface area contributed by atoms with Crippen molar-refractivity contribution in [3.8, 4) is 11.1 Å². The number of hydrogen-bond donors (Lipinski definition) is 1. The fraction of sp³-hybridized carbons (Fsp3) is 0. The van der Waals surface area contributed by atoms with Crippen LogP contribution in [0.1, 0.15) is 0 Å². The highest BCUT2D eigenvalue weighted by Crippen LogP contribution is 2.29. The zero-order chi connectivity index (χ0) is 17.2. The van der Waals surface area contributed by atoms with Crippen LogP contribution in [-0.4, -0.2) is 8.42 Å². The number of nitrogens with one attached hydrogen (secondary N) is 1. The Kier molecular flexibility index (Phi) is 4.31. The molecule has 3 rings (SSSR count). The molecule has 0 aliphatic heterocycles. The molecule has 0 saturated carbocycles. The van der Waals surface area contributed by atoms with Crippen LogP contribution in [0.2, 0.25) is 0 Å². The minimum absolute atomic E-state index is 0.343. The van der Waals surface area contributed by atoms with E-state index in [4.69, 9.17) is 0 Å². The first kappa shape index (κ1) is 16.1. The molecule has 0 amide bonds. The molecule has 0 fully saturated rings. The number of halogens is 2. The fourth-order valence-corrected chi connectivity index (χ4v) is 3.38. The molecule has 6 heteroatoms. The average Bonchev–Trinajstić information content (AvgIpc) is 2.58. The Morgan fingerprint density at radius 3 is 2.12 bits per heavy atom. The van der Waals surface area contributed by atoms with Gasteiger partial charge in [-0.2, -0.15) is 0 Å². The number of hydrogen-bond acceptors (Lipinski definition) is 2. The first-order valence-electron chi connectivity index (χ1n) is 7.10. The maximum atomic E-state index is 13.3. The highest BCUT2D eigenvalue weighted by molar-refractivity contribution is 7.92. The largest absolute Gasteiger partial charge is 0.279 e. The lowest BCUT2D eigenvalue weighted by Gasteiger charge is -2.13.